The molecule has 1 saturated heterocycles. The summed E-state index contributed by atoms with van der Waals surface area (Å²) in [5.41, 5.74) is 2.86. The summed E-state index contributed by atoms with van der Waals surface area (Å²) in [6, 6.07) is 13.1. The monoisotopic (exact) mass is 788 g/mol. The van der Waals surface area contributed by atoms with E-state index in [0.717, 1.165) is 42.1 Å². The van der Waals surface area contributed by atoms with E-state index in [4.69, 9.17) is 23.7 Å². The van der Waals surface area contributed by atoms with Crippen LogP contribution in [0.2, 0.25) is 0 Å². The largest absolute Gasteiger partial charge is 0.497 e. The number of hydrogen-bond donors (Lipinski definition) is 2. The lowest BCUT2D eigenvalue weighted by Gasteiger charge is -2.44. The summed E-state index contributed by atoms with van der Waals surface area (Å²) in [4.78, 5) is 47.7. The predicted molar refractivity (Wildman–Crippen MR) is 194 cm³/mol. The number of rotatable bonds is 22. The number of nitrogens with zero attached hydrogens (tertiary/aromatic N) is 7. The standard InChI is InChI=1S/C35H48N8O13/c1-50-15-5-13-40-14-17-52-32-12-7-24(18-30(32)40)22-54-33-21-41(35(45)53-16-4-3-6-28(56-43(48)49)23-55-42(46)47)26(20-31(44)34-36-38-39-37-34)19-29(33)25-8-10-27(51-2)11-9-25/h7-12,18,26,28-29,31,33,44H,3-6,13-17,19-23H2,1-2H3,(H,36,37,38,39). The fraction of sp³-hybridized carbons (Fsp3) is 0.600. The molecular formula is C35H48N8O13. The minimum absolute atomic E-state index is 0.0504. The molecule has 2 aromatic carbocycles. The first-order valence-electron chi connectivity index (χ1n) is 18.3. The number of unbranched alkanes of at least 4 members (excludes halogenated alkanes) is 1. The first-order valence-corrected chi connectivity index (χ1v) is 18.3. The maximum atomic E-state index is 13.8. The maximum absolute atomic E-state index is 13.8. The number of benzene rings is 2. The number of ether oxygens (including phenoxy) is 5. The molecule has 2 aliphatic rings. The molecule has 0 aliphatic carbocycles. The number of carbonyl (C=O) groups excluding carboxylic acids is 1. The summed E-state index contributed by atoms with van der Waals surface area (Å²) in [6.07, 6.45) is -1.51. The van der Waals surface area contributed by atoms with E-state index in [-0.39, 0.29) is 57.2 Å². The van der Waals surface area contributed by atoms with Crippen LogP contribution in [0.15, 0.2) is 42.5 Å². The number of carbonyl (C=O) groups is 1. The molecule has 3 aromatic rings. The smallest absolute Gasteiger partial charge is 0.410 e. The van der Waals surface area contributed by atoms with Crippen LogP contribution in [0, 0.1) is 20.2 Å². The normalized spacial score (nSPS) is 18.9. The number of methoxy groups -OCH3 is 2. The summed E-state index contributed by atoms with van der Waals surface area (Å²) >= 11 is 0. The maximum Gasteiger partial charge on any atom is 0.410 e. The van der Waals surface area contributed by atoms with Crippen molar-refractivity contribution in [2.75, 3.05) is 65.2 Å². The number of tetrazole rings is 1. The molecule has 0 radical (unpaired) electrons. The average molecular weight is 789 g/mol. The summed E-state index contributed by atoms with van der Waals surface area (Å²) < 4.78 is 28.9. The number of H-pyrrole nitrogens is 1. The molecule has 5 atom stereocenters. The zero-order chi connectivity index (χ0) is 39.9. The first kappa shape index (κ1) is 41.6. The predicted octanol–water partition coefficient (Wildman–Crippen LogP) is 3.40. The number of aliphatic hydroxyl groups excluding tert-OH is 1. The first-order chi connectivity index (χ1) is 27.1. The Balaban J connectivity index is 1.32. The second-order valence-corrected chi connectivity index (χ2v) is 13.4. The topological polar surface area (TPSA) is 249 Å². The van der Waals surface area contributed by atoms with Crippen LogP contribution in [-0.4, -0.2) is 125 Å². The van der Waals surface area contributed by atoms with Gasteiger partial charge >= 0.3 is 6.09 Å². The van der Waals surface area contributed by atoms with Gasteiger partial charge in [0.05, 0.1) is 45.2 Å². The zero-order valence-electron chi connectivity index (χ0n) is 31.3. The molecule has 3 heterocycles. The summed E-state index contributed by atoms with van der Waals surface area (Å²) in [5, 5.41) is 44.1. The van der Waals surface area contributed by atoms with Gasteiger partial charge in [-0.3, -0.25) is 0 Å². The SMILES string of the molecule is COCCCN1CCOc2ccc(COC3CN(C(=O)OCCCCC(CO[N+](=O)[O-])O[N+](=O)[O-])C(CC(O)c4nn[nH]n4)CC3c3ccc(OC)cc3)cc21. The van der Waals surface area contributed by atoms with Gasteiger partial charge in [-0.15, -0.1) is 30.4 Å². The molecule has 306 valence electrons. The average Bonchev–Trinajstić information content (AvgIpc) is 3.75. The van der Waals surface area contributed by atoms with Crippen LogP contribution in [0.25, 0.3) is 0 Å². The number of nitrogens with one attached hydrogen (secondary N) is 1. The molecular weight excluding hydrogens is 740 g/mol. The van der Waals surface area contributed by atoms with Crippen molar-refractivity contribution in [2.45, 2.75) is 75.4 Å². The van der Waals surface area contributed by atoms with Crippen LogP contribution in [0.3, 0.4) is 0 Å². The van der Waals surface area contributed by atoms with Crippen LogP contribution in [0.5, 0.6) is 11.5 Å². The van der Waals surface area contributed by atoms with Crippen LogP contribution in [-0.2, 0) is 30.5 Å². The minimum Gasteiger partial charge on any atom is -0.497 e. The van der Waals surface area contributed by atoms with E-state index in [1.165, 1.54) is 4.90 Å². The van der Waals surface area contributed by atoms with Crippen molar-refractivity contribution in [3.63, 3.8) is 0 Å². The second kappa shape index (κ2) is 20.9. The molecule has 0 saturated carbocycles. The lowest BCUT2D eigenvalue weighted by atomic mass is 9.81. The number of anilines is 1. The number of hydrogen-bond acceptors (Lipinski definition) is 17. The molecule has 1 aromatic heterocycles. The van der Waals surface area contributed by atoms with E-state index in [2.05, 4.69) is 41.3 Å². The van der Waals surface area contributed by atoms with Gasteiger partial charge in [0.15, 0.2) is 0 Å². The van der Waals surface area contributed by atoms with E-state index in [0.29, 0.717) is 25.4 Å². The Morgan fingerprint density at radius 3 is 2.62 bits per heavy atom. The van der Waals surface area contributed by atoms with Crippen molar-refractivity contribution >= 4 is 11.8 Å². The minimum atomic E-state index is -1.17. The molecule has 2 N–H and O–H groups in total. The molecule has 5 rings (SSSR count). The van der Waals surface area contributed by atoms with Crippen molar-refractivity contribution < 1.29 is 53.4 Å². The van der Waals surface area contributed by atoms with E-state index in [1.54, 1.807) is 14.2 Å². The van der Waals surface area contributed by atoms with Gasteiger partial charge in [-0.2, -0.15) is 5.21 Å². The fourth-order valence-electron chi connectivity index (χ4n) is 6.93. The number of aromatic nitrogens is 4. The lowest BCUT2D eigenvalue weighted by molar-refractivity contribution is -0.790. The Kier molecular flexibility index (Phi) is 15.6. The Bertz CT molecular complexity index is 1690. The number of aromatic amines is 1. The second-order valence-electron chi connectivity index (χ2n) is 13.4. The van der Waals surface area contributed by atoms with E-state index in [1.807, 2.05) is 36.4 Å². The Morgan fingerprint density at radius 1 is 1.09 bits per heavy atom. The summed E-state index contributed by atoms with van der Waals surface area (Å²) in [6.45, 7) is 2.49. The van der Waals surface area contributed by atoms with Crippen molar-refractivity contribution in [3.05, 3.63) is 79.6 Å². The Morgan fingerprint density at radius 2 is 1.91 bits per heavy atom. The molecule has 2 aliphatic heterocycles. The number of piperidine rings is 1. The molecule has 0 bridgehead atoms. The molecule has 56 heavy (non-hydrogen) atoms. The van der Waals surface area contributed by atoms with Crippen LogP contribution < -0.4 is 14.4 Å². The number of amides is 1. The number of likely N-dealkylation sites (tertiary alicyclic amines) is 1. The quantitative estimate of drug-likeness (QED) is 0.0841. The molecule has 21 heteroatoms. The third-order valence-electron chi connectivity index (χ3n) is 9.70. The van der Waals surface area contributed by atoms with Crippen molar-refractivity contribution in [2.24, 2.45) is 0 Å². The molecule has 1 amide bonds. The van der Waals surface area contributed by atoms with Crippen molar-refractivity contribution in [1.82, 2.24) is 25.5 Å². The van der Waals surface area contributed by atoms with E-state index < -0.39 is 47.2 Å². The van der Waals surface area contributed by atoms with Crippen molar-refractivity contribution in [1.29, 1.82) is 0 Å². The molecule has 5 unspecified atom stereocenters. The molecule has 0 spiro atoms. The van der Waals surface area contributed by atoms with Gasteiger partial charge in [0.2, 0.25) is 5.82 Å². The van der Waals surface area contributed by atoms with Gasteiger partial charge in [0.25, 0.3) is 10.2 Å². The highest BCUT2D eigenvalue weighted by molar-refractivity contribution is 5.68. The van der Waals surface area contributed by atoms with E-state index in [9.17, 15) is 30.1 Å². The molecule has 1 fully saturated rings. The van der Waals surface area contributed by atoms with Crippen LogP contribution in [0.1, 0.15) is 67.5 Å². The third-order valence-corrected chi connectivity index (χ3v) is 9.70. The Labute approximate surface area is 322 Å². The highest BCUT2D eigenvalue weighted by Gasteiger charge is 2.41. The number of fused-ring (bicyclic) bond motifs is 1. The van der Waals surface area contributed by atoms with Gasteiger partial charge in [-0.1, -0.05) is 23.4 Å². The zero-order valence-corrected chi connectivity index (χ0v) is 31.3. The Hall–Kier alpha value is -5.54. The van der Waals surface area contributed by atoms with Gasteiger partial charge in [-0.25, -0.2) is 4.79 Å². The highest BCUT2D eigenvalue weighted by atomic mass is 17.0. The van der Waals surface area contributed by atoms with Gasteiger partial charge < -0.3 is 48.3 Å². The van der Waals surface area contributed by atoms with Crippen LogP contribution >= 0.6 is 0 Å². The lowest BCUT2D eigenvalue weighted by Crippen LogP contribution is -2.53. The summed E-state index contributed by atoms with van der Waals surface area (Å²) in [5.74, 6) is 1.36. The fourth-order valence-corrected chi connectivity index (χ4v) is 6.93. The number of aliphatic hydroxyl groups is 1. The third kappa shape index (κ3) is 12.0. The molecule has 21 nitrogen and oxygen atoms in total. The van der Waals surface area contributed by atoms with Gasteiger partial charge in [0, 0.05) is 38.6 Å². The highest BCUT2D eigenvalue weighted by Crippen LogP contribution is 2.39. The van der Waals surface area contributed by atoms with Crippen molar-refractivity contribution in [3.8, 4) is 11.5 Å². The summed E-state index contributed by atoms with van der Waals surface area (Å²) in [7, 11) is 3.27. The van der Waals surface area contributed by atoms with Crippen LogP contribution in [0.4, 0.5) is 10.5 Å². The van der Waals surface area contributed by atoms with Gasteiger partial charge in [-0.05, 0) is 67.5 Å². The van der Waals surface area contributed by atoms with Gasteiger partial charge in [0.1, 0.15) is 36.9 Å². The van der Waals surface area contributed by atoms with E-state index >= 15 is 0 Å².